The van der Waals surface area contributed by atoms with Gasteiger partial charge in [-0.3, -0.25) is 0 Å². The summed E-state index contributed by atoms with van der Waals surface area (Å²) in [6.07, 6.45) is 6.05. The monoisotopic (exact) mass is 294 g/mol. The van der Waals surface area contributed by atoms with Gasteiger partial charge < -0.3 is 10.6 Å². The summed E-state index contributed by atoms with van der Waals surface area (Å²) >= 11 is 0. The summed E-state index contributed by atoms with van der Waals surface area (Å²) in [5.41, 5.74) is 9.93. The quantitative estimate of drug-likeness (QED) is 0.771. The summed E-state index contributed by atoms with van der Waals surface area (Å²) in [6.45, 7) is 1.96. The smallest absolute Gasteiger partial charge is 0.0583 e. The van der Waals surface area contributed by atoms with Gasteiger partial charge in [0.25, 0.3) is 0 Å². The van der Waals surface area contributed by atoms with Crippen LogP contribution in [-0.2, 0) is 6.42 Å². The van der Waals surface area contributed by atoms with Crippen LogP contribution in [0.15, 0.2) is 54.6 Å². The van der Waals surface area contributed by atoms with Crippen LogP contribution < -0.4 is 10.6 Å². The molecule has 1 atom stereocenters. The summed E-state index contributed by atoms with van der Waals surface area (Å²) < 4.78 is 0. The van der Waals surface area contributed by atoms with E-state index in [1.807, 2.05) is 0 Å². The Morgan fingerprint density at radius 1 is 0.864 bits per heavy atom. The molecule has 2 aromatic rings. The lowest BCUT2D eigenvalue weighted by Crippen LogP contribution is -2.26. The van der Waals surface area contributed by atoms with Crippen LogP contribution in [0, 0.1) is 0 Å². The van der Waals surface area contributed by atoms with Gasteiger partial charge in [0.2, 0.25) is 0 Å². The maximum absolute atomic E-state index is 5.58. The standard InChI is InChI=1S/C20H26N2/c21-14-8-1-2-9-15-22-19-13-7-6-12-18(19)16-20(22)17-10-4-3-5-11-17/h3-7,10-13,20H,1-2,8-9,14-16,21H2. The van der Waals surface area contributed by atoms with Crippen molar-refractivity contribution in [3.63, 3.8) is 0 Å². The van der Waals surface area contributed by atoms with Gasteiger partial charge in [0, 0.05) is 12.2 Å². The van der Waals surface area contributed by atoms with Gasteiger partial charge >= 0.3 is 0 Å². The fraction of sp³-hybridized carbons (Fsp3) is 0.400. The fourth-order valence-electron chi connectivity index (χ4n) is 3.48. The number of fused-ring (bicyclic) bond motifs is 1. The highest BCUT2D eigenvalue weighted by Gasteiger charge is 2.29. The number of unbranched alkanes of at least 4 members (excludes halogenated alkanes) is 3. The average molecular weight is 294 g/mol. The minimum absolute atomic E-state index is 0.494. The molecular formula is C20H26N2. The van der Waals surface area contributed by atoms with E-state index in [9.17, 15) is 0 Å². The molecular weight excluding hydrogens is 268 g/mol. The van der Waals surface area contributed by atoms with E-state index in [2.05, 4.69) is 59.5 Å². The van der Waals surface area contributed by atoms with Crippen molar-refractivity contribution in [3.8, 4) is 0 Å². The third-order valence-corrected chi connectivity index (χ3v) is 4.63. The predicted octanol–water partition coefficient (Wildman–Crippen LogP) is 4.31. The van der Waals surface area contributed by atoms with Crippen molar-refractivity contribution in [2.45, 2.75) is 38.1 Å². The molecule has 2 nitrogen and oxygen atoms in total. The molecule has 0 aliphatic carbocycles. The fourth-order valence-corrected chi connectivity index (χ4v) is 3.48. The molecule has 0 saturated carbocycles. The summed E-state index contributed by atoms with van der Waals surface area (Å²) in [4.78, 5) is 2.60. The highest BCUT2D eigenvalue weighted by molar-refractivity contribution is 5.60. The number of anilines is 1. The van der Waals surface area contributed by atoms with Gasteiger partial charge in [0.1, 0.15) is 0 Å². The second-order valence-electron chi connectivity index (χ2n) is 6.16. The predicted molar refractivity (Wildman–Crippen MR) is 94.2 cm³/mol. The Balaban J connectivity index is 1.73. The van der Waals surface area contributed by atoms with E-state index >= 15 is 0 Å². The Bertz CT molecular complexity index is 579. The van der Waals surface area contributed by atoms with Crippen molar-refractivity contribution in [1.82, 2.24) is 0 Å². The average Bonchev–Trinajstić information content (AvgIpc) is 2.94. The van der Waals surface area contributed by atoms with Crippen molar-refractivity contribution in [2.24, 2.45) is 5.73 Å². The van der Waals surface area contributed by atoms with E-state index in [4.69, 9.17) is 5.73 Å². The molecule has 1 aliphatic rings. The lowest BCUT2D eigenvalue weighted by atomic mass is 10.0. The Morgan fingerprint density at radius 2 is 1.59 bits per heavy atom. The van der Waals surface area contributed by atoms with Gasteiger partial charge in [-0.05, 0) is 43.0 Å². The second kappa shape index (κ2) is 7.46. The lowest BCUT2D eigenvalue weighted by molar-refractivity contribution is 0.593. The number of benzene rings is 2. The molecule has 0 spiro atoms. The molecule has 1 unspecified atom stereocenters. The Morgan fingerprint density at radius 3 is 2.41 bits per heavy atom. The normalized spacial score (nSPS) is 16.8. The van der Waals surface area contributed by atoms with Gasteiger partial charge in [-0.1, -0.05) is 61.4 Å². The zero-order chi connectivity index (χ0) is 15.2. The van der Waals surface area contributed by atoms with E-state index in [0.717, 1.165) is 25.9 Å². The molecule has 22 heavy (non-hydrogen) atoms. The number of para-hydroxylation sites is 1. The molecule has 0 bridgehead atoms. The molecule has 2 aromatic carbocycles. The van der Waals surface area contributed by atoms with Crippen molar-refractivity contribution >= 4 is 5.69 Å². The molecule has 0 aromatic heterocycles. The molecule has 0 saturated heterocycles. The summed E-state index contributed by atoms with van der Waals surface area (Å²) in [6, 6.07) is 20.3. The second-order valence-corrected chi connectivity index (χ2v) is 6.16. The van der Waals surface area contributed by atoms with Crippen LogP contribution in [-0.4, -0.2) is 13.1 Å². The molecule has 0 radical (unpaired) electrons. The zero-order valence-electron chi connectivity index (χ0n) is 13.2. The lowest BCUT2D eigenvalue weighted by Gasteiger charge is -2.28. The molecule has 116 valence electrons. The van der Waals surface area contributed by atoms with Crippen molar-refractivity contribution < 1.29 is 0 Å². The van der Waals surface area contributed by atoms with Crippen LogP contribution in [0.4, 0.5) is 5.69 Å². The van der Waals surface area contributed by atoms with Gasteiger partial charge in [0.15, 0.2) is 0 Å². The highest BCUT2D eigenvalue weighted by atomic mass is 15.2. The number of hydrogen-bond acceptors (Lipinski definition) is 2. The Hall–Kier alpha value is -1.80. The first-order valence-corrected chi connectivity index (χ1v) is 8.49. The molecule has 1 heterocycles. The Kier molecular flexibility index (Phi) is 5.12. The third-order valence-electron chi connectivity index (χ3n) is 4.63. The van der Waals surface area contributed by atoms with Crippen LogP contribution in [0.3, 0.4) is 0 Å². The van der Waals surface area contributed by atoms with Gasteiger partial charge in [-0.25, -0.2) is 0 Å². The van der Waals surface area contributed by atoms with Crippen LogP contribution in [0.25, 0.3) is 0 Å². The minimum atomic E-state index is 0.494. The third kappa shape index (κ3) is 3.33. The maximum Gasteiger partial charge on any atom is 0.0583 e. The molecule has 0 fully saturated rings. The van der Waals surface area contributed by atoms with E-state index < -0.39 is 0 Å². The van der Waals surface area contributed by atoms with E-state index in [1.54, 1.807) is 0 Å². The van der Waals surface area contributed by atoms with Crippen molar-refractivity contribution in [3.05, 3.63) is 65.7 Å². The van der Waals surface area contributed by atoms with Crippen LogP contribution >= 0.6 is 0 Å². The zero-order valence-corrected chi connectivity index (χ0v) is 13.2. The highest BCUT2D eigenvalue weighted by Crippen LogP contribution is 2.40. The topological polar surface area (TPSA) is 29.3 Å². The summed E-state index contributed by atoms with van der Waals surface area (Å²) in [5.74, 6) is 0. The minimum Gasteiger partial charge on any atom is -0.364 e. The van der Waals surface area contributed by atoms with E-state index in [-0.39, 0.29) is 0 Å². The number of nitrogens with two attached hydrogens (primary N) is 1. The number of nitrogens with zero attached hydrogens (tertiary/aromatic N) is 1. The first-order valence-electron chi connectivity index (χ1n) is 8.49. The largest absolute Gasteiger partial charge is 0.364 e. The van der Waals surface area contributed by atoms with Crippen LogP contribution in [0.2, 0.25) is 0 Å². The maximum atomic E-state index is 5.58. The van der Waals surface area contributed by atoms with Crippen LogP contribution in [0.5, 0.6) is 0 Å². The SMILES string of the molecule is NCCCCCCN1c2ccccc2CC1c1ccccc1. The van der Waals surface area contributed by atoms with E-state index in [0.29, 0.717) is 6.04 Å². The molecule has 1 aliphatic heterocycles. The Labute approximate surface area is 134 Å². The van der Waals surface area contributed by atoms with Gasteiger partial charge in [0.05, 0.1) is 6.04 Å². The molecule has 2 N–H and O–H groups in total. The molecule has 0 amide bonds. The van der Waals surface area contributed by atoms with Gasteiger partial charge in [-0.2, -0.15) is 0 Å². The van der Waals surface area contributed by atoms with Crippen molar-refractivity contribution in [1.29, 1.82) is 0 Å². The van der Waals surface area contributed by atoms with E-state index in [1.165, 1.54) is 36.1 Å². The number of hydrogen-bond donors (Lipinski definition) is 1. The van der Waals surface area contributed by atoms with Crippen LogP contribution in [0.1, 0.15) is 42.9 Å². The first kappa shape index (κ1) is 15.1. The number of rotatable bonds is 7. The first-order chi connectivity index (χ1) is 10.9. The molecule has 2 heteroatoms. The summed E-state index contributed by atoms with van der Waals surface area (Å²) in [5, 5.41) is 0. The summed E-state index contributed by atoms with van der Waals surface area (Å²) in [7, 11) is 0. The molecule has 3 rings (SSSR count). The van der Waals surface area contributed by atoms with Gasteiger partial charge in [-0.15, -0.1) is 0 Å². The van der Waals surface area contributed by atoms with Crippen molar-refractivity contribution in [2.75, 3.05) is 18.0 Å².